The quantitative estimate of drug-likeness (QED) is 0.433. The molecule has 1 saturated heterocycles. The van der Waals surface area contributed by atoms with Crippen LogP contribution in [0.3, 0.4) is 0 Å². The average Bonchev–Trinajstić information content (AvgIpc) is 3.00. The van der Waals surface area contributed by atoms with E-state index >= 15 is 0 Å². The number of aromatic nitrogens is 2. The van der Waals surface area contributed by atoms with Crippen LogP contribution in [0, 0.1) is 0 Å². The van der Waals surface area contributed by atoms with Gasteiger partial charge in [0.25, 0.3) is 0 Å². The van der Waals surface area contributed by atoms with E-state index in [0.717, 1.165) is 24.1 Å². The second-order valence-electron chi connectivity index (χ2n) is 2.74. The van der Waals surface area contributed by atoms with E-state index in [-0.39, 0.29) is 0 Å². The highest BCUT2D eigenvalue weighted by molar-refractivity contribution is 7.99. The lowest BCUT2D eigenvalue weighted by Crippen LogP contribution is -1.99. The summed E-state index contributed by atoms with van der Waals surface area (Å²) >= 11 is 3.30. The van der Waals surface area contributed by atoms with Crippen LogP contribution in [0.25, 0.3) is 0 Å². The number of hydrogen-bond acceptors (Lipinski definition) is 5. The largest absolute Gasteiger partial charge is 0.352 e. The first-order valence-corrected chi connectivity index (χ1v) is 6.50. The highest BCUT2D eigenvalue weighted by atomic mass is 32.2. The van der Waals surface area contributed by atoms with Crippen LogP contribution in [-0.2, 0) is 0 Å². The third-order valence-corrected chi connectivity index (χ3v) is 3.15. The fourth-order valence-corrected chi connectivity index (χ4v) is 1.93. The molecule has 1 aromatic rings. The highest BCUT2D eigenvalue weighted by Gasteiger charge is 2.23. The molecule has 0 bridgehead atoms. The Morgan fingerprint density at radius 1 is 1.31 bits per heavy atom. The Labute approximate surface area is 86.3 Å². The second kappa shape index (κ2) is 3.75. The van der Waals surface area contributed by atoms with Crippen LogP contribution in [0.5, 0.6) is 0 Å². The van der Waals surface area contributed by atoms with Crippen LogP contribution >= 0.6 is 23.5 Å². The predicted octanol–water partition coefficient (Wildman–Crippen LogP) is 1.74. The lowest BCUT2D eigenvalue weighted by molar-refractivity contribution is 0.925. The van der Waals surface area contributed by atoms with E-state index in [1.807, 2.05) is 12.5 Å². The number of hydrogen-bond donors (Lipinski definition) is 0. The maximum absolute atomic E-state index is 4.48. The van der Waals surface area contributed by atoms with Crippen molar-refractivity contribution in [1.82, 2.24) is 9.97 Å². The third kappa shape index (κ3) is 1.91. The Balaban J connectivity index is 2.35. The van der Waals surface area contributed by atoms with E-state index in [4.69, 9.17) is 0 Å². The molecule has 0 N–H and O–H groups in total. The third-order valence-electron chi connectivity index (χ3n) is 1.86. The Morgan fingerprint density at radius 3 is 2.62 bits per heavy atom. The molecule has 0 aromatic carbocycles. The van der Waals surface area contributed by atoms with E-state index in [2.05, 4.69) is 21.1 Å². The topological polar surface area (TPSA) is 28.8 Å². The maximum atomic E-state index is 4.48. The van der Waals surface area contributed by atoms with Crippen LogP contribution in [0.1, 0.15) is 0 Å². The van der Waals surface area contributed by atoms with Gasteiger partial charge in [-0.15, -0.1) is 11.8 Å². The Bertz CT molecular complexity index is 312. The lowest BCUT2D eigenvalue weighted by Gasteiger charge is -2.07. The number of anilines is 1. The molecule has 1 aliphatic heterocycles. The Kier molecular flexibility index (Phi) is 2.64. The van der Waals surface area contributed by atoms with Crippen LogP contribution in [-0.4, -0.2) is 35.6 Å². The van der Waals surface area contributed by atoms with Crippen LogP contribution in [0.4, 0.5) is 5.82 Å². The minimum Gasteiger partial charge on any atom is -0.352 e. The summed E-state index contributed by atoms with van der Waals surface area (Å²) < 4.78 is 0. The van der Waals surface area contributed by atoms with Gasteiger partial charge in [0.2, 0.25) is 0 Å². The summed E-state index contributed by atoms with van der Waals surface area (Å²) in [5.74, 6) is 1.10. The van der Waals surface area contributed by atoms with Crippen LogP contribution in [0.2, 0.25) is 0 Å². The van der Waals surface area contributed by atoms with Crippen molar-refractivity contribution in [3.63, 3.8) is 0 Å². The second-order valence-corrected chi connectivity index (χ2v) is 4.36. The molecule has 0 spiro atoms. The molecule has 0 aliphatic carbocycles. The summed E-state index contributed by atoms with van der Waals surface area (Å²) in [6.45, 7) is 2.27. The standard InChI is InChI=1S/C8H11N3S2/c1-12-6-5-9-8(13-2)10-7(6)11-3-4-11/h5H,3-4H2,1-2H3. The van der Waals surface area contributed by atoms with Crippen molar-refractivity contribution in [1.29, 1.82) is 0 Å². The van der Waals surface area contributed by atoms with Gasteiger partial charge in [-0.05, 0) is 12.5 Å². The molecule has 2 rings (SSSR count). The average molecular weight is 213 g/mol. The minimum absolute atomic E-state index is 0.861. The number of thioether (sulfide) groups is 2. The van der Waals surface area contributed by atoms with Gasteiger partial charge in [-0.3, -0.25) is 0 Å². The van der Waals surface area contributed by atoms with Gasteiger partial charge in [-0.1, -0.05) is 11.8 Å². The van der Waals surface area contributed by atoms with Crippen molar-refractivity contribution in [3.8, 4) is 0 Å². The van der Waals surface area contributed by atoms with Crippen molar-refractivity contribution in [2.45, 2.75) is 10.1 Å². The van der Waals surface area contributed by atoms with Gasteiger partial charge in [0.05, 0.1) is 4.90 Å². The summed E-state index contributed by atoms with van der Waals surface area (Å²) in [5.41, 5.74) is 0. The Hall–Kier alpha value is -0.420. The SMILES string of the molecule is CSc1ncc(SC)c(N2CC2)n1. The molecule has 70 valence electrons. The Morgan fingerprint density at radius 2 is 2.08 bits per heavy atom. The first-order valence-electron chi connectivity index (χ1n) is 4.05. The van der Waals surface area contributed by atoms with Gasteiger partial charge < -0.3 is 4.90 Å². The highest BCUT2D eigenvalue weighted by Crippen LogP contribution is 2.30. The zero-order valence-electron chi connectivity index (χ0n) is 7.65. The summed E-state index contributed by atoms with van der Waals surface area (Å²) in [6.07, 6.45) is 5.97. The molecule has 0 unspecified atom stereocenters. The van der Waals surface area contributed by atoms with E-state index in [9.17, 15) is 0 Å². The molecular formula is C8H11N3S2. The van der Waals surface area contributed by atoms with E-state index in [1.54, 1.807) is 23.5 Å². The van der Waals surface area contributed by atoms with Gasteiger partial charge in [0, 0.05) is 19.3 Å². The normalized spacial score (nSPS) is 14.8. The van der Waals surface area contributed by atoms with Crippen molar-refractivity contribution in [3.05, 3.63) is 6.20 Å². The molecule has 0 radical (unpaired) electrons. The fraction of sp³-hybridized carbons (Fsp3) is 0.500. The zero-order chi connectivity index (χ0) is 9.26. The number of rotatable bonds is 3. The monoisotopic (exact) mass is 213 g/mol. The predicted molar refractivity (Wildman–Crippen MR) is 57.8 cm³/mol. The molecule has 0 atom stereocenters. The first kappa shape index (κ1) is 9.15. The zero-order valence-corrected chi connectivity index (χ0v) is 9.28. The van der Waals surface area contributed by atoms with E-state index in [0.29, 0.717) is 0 Å². The van der Waals surface area contributed by atoms with Crippen molar-refractivity contribution in [2.24, 2.45) is 0 Å². The van der Waals surface area contributed by atoms with Crippen molar-refractivity contribution >= 4 is 29.3 Å². The molecule has 2 heterocycles. The molecule has 0 saturated carbocycles. The van der Waals surface area contributed by atoms with Gasteiger partial charge in [0.15, 0.2) is 5.16 Å². The van der Waals surface area contributed by atoms with Crippen molar-refractivity contribution < 1.29 is 0 Å². The summed E-state index contributed by atoms with van der Waals surface area (Å²) in [5, 5.41) is 0.861. The lowest BCUT2D eigenvalue weighted by atomic mass is 10.6. The molecular weight excluding hydrogens is 202 g/mol. The minimum atomic E-state index is 0.861. The molecule has 13 heavy (non-hydrogen) atoms. The van der Waals surface area contributed by atoms with Crippen LogP contribution in [0.15, 0.2) is 16.2 Å². The number of nitrogens with zero attached hydrogens (tertiary/aromatic N) is 3. The smallest absolute Gasteiger partial charge is 0.189 e. The van der Waals surface area contributed by atoms with E-state index in [1.165, 1.54) is 4.90 Å². The van der Waals surface area contributed by atoms with Gasteiger partial charge in [-0.25, -0.2) is 9.97 Å². The van der Waals surface area contributed by atoms with Gasteiger partial charge in [0.1, 0.15) is 5.82 Å². The van der Waals surface area contributed by atoms with Gasteiger partial charge in [-0.2, -0.15) is 0 Å². The van der Waals surface area contributed by atoms with Crippen molar-refractivity contribution in [2.75, 3.05) is 30.5 Å². The molecule has 3 nitrogen and oxygen atoms in total. The molecule has 1 aliphatic rings. The van der Waals surface area contributed by atoms with E-state index < -0.39 is 0 Å². The molecule has 5 heteroatoms. The summed E-state index contributed by atoms with van der Waals surface area (Å²) in [7, 11) is 0. The fourth-order valence-electron chi connectivity index (χ4n) is 1.08. The summed E-state index contributed by atoms with van der Waals surface area (Å²) in [4.78, 5) is 12.2. The van der Waals surface area contributed by atoms with Gasteiger partial charge >= 0.3 is 0 Å². The first-order chi connectivity index (χ1) is 6.35. The van der Waals surface area contributed by atoms with Crippen LogP contribution < -0.4 is 4.90 Å². The molecule has 1 aromatic heterocycles. The molecule has 0 amide bonds. The molecule has 1 fully saturated rings. The summed E-state index contributed by atoms with van der Waals surface area (Å²) in [6, 6.07) is 0. The maximum Gasteiger partial charge on any atom is 0.189 e.